The Balaban J connectivity index is 1.97. The number of anilines is 1. The van der Waals surface area contributed by atoms with Gasteiger partial charge in [-0.15, -0.1) is 0 Å². The molecule has 0 saturated heterocycles. The molecule has 0 fully saturated rings. The fraction of sp³-hybridized carbons (Fsp3) is 0.200. The van der Waals surface area contributed by atoms with Crippen molar-refractivity contribution in [1.82, 2.24) is 10.3 Å². The number of para-hydroxylation sites is 1. The van der Waals surface area contributed by atoms with Crippen molar-refractivity contribution < 1.29 is 4.79 Å². The van der Waals surface area contributed by atoms with E-state index in [1.807, 2.05) is 43.3 Å². The normalized spacial score (nSPS) is 11.8. The van der Waals surface area contributed by atoms with Crippen LogP contribution in [0.25, 0.3) is 0 Å². The predicted molar refractivity (Wildman–Crippen MR) is 75.4 cm³/mol. The Hall–Kier alpha value is -2.36. The summed E-state index contributed by atoms with van der Waals surface area (Å²) in [4.78, 5) is 16.2. The van der Waals surface area contributed by atoms with Crippen molar-refractivity contribution in [2.75, 3.05) is 5.73 Å². The zero-order chi connectivity index (χ0) is 13.7. The Morgan fingerprint density at radius 1 is 1.26 bits per heavy atom. The van der Waals surface area contributed by atoms with E-state index < -0.39 is 0 Å². The van der Waals surface area contributed by atoms with Crippen LogP contribution in [0.5, 0.6) is 0 Å². The van der Waals surface area contributed by atoms with Gasteiger partial charge in [-0.2, -0.15) is 0 Å². The molecule has 2 aromatic rings. The van der Waals surface area contributed by atoms with Crippen molar-refractivity contribution in [3.05, 3.63) is 59.9 Å². The summed E-state index contributed by atoms with van der Waals surface area (Å²) >= 11 is 0. The van der Waals surface area contributed by atoms with Crippen molar-refractivity contribution in [3.8, 4) is 0 Å². The molecule has 1 atom stereocenters. The number of carbonyl (C=O) groups excluding carboxylic acids is 1. The molecule has 0 radical (unpaired) electrons. The summed E-state index contributed by atoms with van der Waals surface area (Å²) in [6.07, 6.45) is 2.00. The van der Waals surface area contributed by atoms with Crippen LogP contribution in [-0.2, 0) is 11.2 Å². The van der Waals surface area contributed by atoms with E-state index in [-0.39, 0.29) is 18.4 Å². The van der Waals surface area contributed by atoms with Gasteiger partial charge in [-0.25, -0.2) is 0 Å². The molecule has 19 heavy (non-hydrogen) atoms. The van der Waals surface area contributed by atoms with Gasteiger partial charge in [0.15, 0.2) is 0 Å². The van der Waals surface area contributed by atoms with Gasteiger partial charge in [0.25, 0.3) is 0 Å². The molecule has 0 aliphatic rings. The van der Waals surface area contributed by atoms with Crippen LogP contribution in [0.4, 0.5) is 5.69 Å². The molecule has 3 N–H and O–H groups in total. The molecule has 0 aliphatic heterocycles. The summed E-state index contributed by atoms with van der Waals surface area (Å²) in [5.74, 6) is -0.0592. The second-order valence-corrected chi connectivity index (χ2v) is 4.42. The summed E-state index contributed by atoms with van der Waals surface area (Å²) in [5, 5.41) is 2.91. The van der Waals surface area contributed by atoms with E-state index in [2.05, 4.69) is 10.3 Å². The summed E-state index contributed by atoms with van der Waals surface area (Å²) in [6, 6.07) is 12.9. The number of hydrogen-bond acceptors (Lipinski definition) is 3. The SMILES string of the molecule is CC(NC(=O)Cc1ccccc1N)c1ccccn1. The van der Waals surface area contributed by atoms with Gasteiger partial charge in [-0.05, 0) is 30.7 Å². The lowest BCUT2D eigenvalue weighted by atomic mass is 10.1. The van der Waals surface area contributed by atoms with E-state index in [1.54, 1.807) is 12.3 Å². The Bertz CT molecular complexity index is 554. The highest BCUT2D eigenvalue weighted by molar-refractivity contribution is 5.80. The number of nitrogens with one attached hydrogen (secondary N) is 1. The second kappa shape index (κ2) is 6.00. The van der Waals surface area contributed by atoms with Crippen LogP contribution < -0.4 is 11.1 Å². The number of rotatable bonds is 4. The first-order valence-electron chi connectivity index (χ1n) is 6.20. The second-order valence-electron chi connectivity index (χ2n) is 4.42. The number of pyridine rings is 1. The van der Waals surface area contributed by atoms with E-state index in [9.17, 15) is 4.79 Å². The third-order valence-electron chi connectivity index (χ3n) is 2.92. The van der Waals surface area contributed by atoms with Gasteiger partial charge >= 0.3 is 0 Å². The molecule has 2 rings (SSSR count). The van der Waals surface area contributed by atoms with Crippen LogP contribution in [-0.4, -0.2) is 10.9 Å². The highest BCUT2D eigenvalue weighted by Gasteiger charge is 2.11. The standard InChI is InChI=1S/C15H17N3O/c1-11(14-8-4-5-9-17-14)18-15(19)10-12-6-2-3-7-13(12)16/h2-9,11H,10,16H2,1H3,(H,18,19). The maximum atomic E-state index is 12.0. The van der Waals surface area contributed by atoms with Gasteiger partial charge < -0.3 is 11.1 Å². The van der Waals surface area contributed by atoms with Crippen LogP contribution in [0, 0.1) is 0 Å². The number of nitrogen functional groups attached to an aromatic ring is 1. The highest BCUT2D eigenvalue weighted by Crippen LogP contribution is 2.12. The first-order valence-corrected chi connectivity index (χ1v) is 6.20. The summed E-state index contributed by atoms with van der Waals surface area (Å²) in [6.45, 7) is 1.91. The van der Waals surface area contributed by atoms with Gasteiger partial charge in [-0.1, -0.05) is 24.3 Å². The molecule has 1 amide bonds. The fourth-order valence-electron chi connectivity index (χ4n) is 1.87. The van der Waals surface area contributed by atoms with Crippen molar-refractivity contribution in [1.29, 1.82) is 0 Å². The molecule has 1 heterocycles. The van der Waals surface area contributed by atoms with E-state index in [4.69, 9.17) is 5.73 Å². The van der Waals surface area contributed by atoms with Crippen molar-refractivity contribution >= 4 is 11.6 Å². The van der Waals surface area contributed by atoms with Gasteiger partial charge in [0.2, 0.25) is 5.91 Å². The summed E-state index contributed by atoms with van der Waals surface area (Å²) in [7, 11) is 0. The first-order chi connectivity index (χ1) is 9.16. The van der Waals surface area contributed by atoms with Crippen molar-refractivity contribution in [3.63, 3.8) is 0 Å². The number of amides is 1. The Morgan fingerprint density at radius 2 is 2.00 bits per heavy atom. The lowest BCUT2D eigenvalue weighted by Gasteiger charge is -2.13. The van der Waals surface area contributed by atoms with Gasteiger partial charge in [0.05, 0.1) is 18.2 Å². The minimum atomic E-state index is -0.112. The van der Waals surface area contributed by atoms with E-state index in [1.165, 1.54) is 0 Å². The predicted octanol–water partition coefficient (Wildman–Crippen LogP) is 2.08. The van der Waals surface area contributed by atoms with Crippen LogP contribution >= 0.6 is 0 Å². The molecule has 0 spiro atoms. The minimum absolute atomic E-state index is 0.0592. The smallest absolute Gasteiger partial charge is 0.225 e. The van der Waals surface area contributed by atoms with E-state index in [0.717, 1.165) is 11.3 Å². The molecule has 1 unspecified atom stereocenters. The molecule has 0 aliphatic carbocycles. The molecule has 0 bridgehead atoms. The summed E-state index contributed by atoms with van der Waals surface area (Å²) in [5.41, 5.74) is 8.15. The van der Waals surface area contributed by atoms with Crippen LogP contribution in [0.1, 0.15) is 24.2 Å². The maximum Gasteiger partial charge on any atom is 0.225 e. The van der Waals surface area contributed by atoms with Crippen LogP contribution in [0.15, 0.2) is 48.7 Å². The van der Waals surface area contributed by atoms with Gasteiger partial charge in [-0.3, -0.25) is 9.78 Å². The number of carbonyl (C=O) groups is 1. The Labute approximate surface area is 112 Å². The number of nitrogens with zero attached hydrogens (tertiary/aromatic N) is 1. The molecule has 98 valence electrons. The lowest BCUT2D eigenvalue weighted by Crippen LogP contribution is -2.28. The summed E-state index contributed by atoms with van der Waals surface area (Å²) < 4.78 is 0. The monoisotopic (exact) mass is 255 g/mol. The third kappa shape index (κ3) is 3.55. The fourth-order valence-corrected chi connectivity index (χ4v) is 1.87. The zero-order valence-electron chi connectivity index (χ0n) is 10.8. The van der Waals surface area contributed by atoms with E-state index >= 15 is 0 Å². The van der Waals surface area contributed by atoms with Gasteiger partial charge in [0.1, 0.15) is 0 Å². The Kier molecular flexibility index (Phi) is 4.13. The van der Waals surface area contributed by atoms with Crippen LogP contribution in [0.3, 0.4) is 0 Å². The Morgan fingerprint density at radius 3 is 2.68 bits per heavy atom. The lowest BCUT2D eigenvalue weighted by molar-refractivity contribution is -0.121. The highest BCUT2D eigenvalue weighted by atomic mass is 16.1. The van der Waals surface area contributed by atoms with Crippen molar-refractivity contribution in [2.45, 2.75) is 19.4 Å². The average Bonchev–Trinajstić information content (AvgIpc) is 2.42. The molecule has 1 aromatic carbocycles. The largest absolute Gasteiger partial charge is 0.398 e. The molecule has 4 nitrogen and oxygen atoms in total. The number of benzene rings is 1. The van der Waals surface area contributed by atoms with E-state index in [0.29, 0.717) is 5.69 Å². The number of aromatic nitrogens is 1. The molecular weight excluding hydrogens is 238 g/mol. The molecular formula is C15H17N3O. The topological polar surface area (TPSA) is 68.0 Å². The quantitative estimate of drug-likeness (QED) is 0.822. The average molecular weight is 255 g/mol. The van der Waals surface area contributed by atoms with Crippen molar-refractivity contribution in [2.24, 2.45) is 0 Å². The molecule has 1 aromatic heterocycles. The van der Waals surface area contributed by atoms with Gasteiger partial charge in [0, 0.05) is 11.9 Å². The van der Waals surface area contributed by atoms with Crippen LogP contribution in [0.2, 0.25) is 0 Å². The third-order valence-corrected chi connectivity index (χ3v) is 2.92. The maximum absolute atomic E-state index is 12.0. The number of nitrogens with two attached hydrogens (primary N) is 1. The molecule has 0 saturated carbocycles. The minimum Gasteiger partial charge on any atom is -0.398 e. The first kappa shape index (κ1) is 13.1. The molecule has 4 heteroatoms. The zero-order valence-corrected chi connectivity index (χ0v) is 10.8. The number of hydrogen-bond donors (Lipinski definition) is 2.